The van der Waals surface area contributed by atoms with Gasteiger partial charge in [-0.25, -0.2) is 9.78 Å². The molecule has 1 fully saturated rings. The third-order valence-corrected chi connectivity index (χ3v) is 2.17. The van der Waals surface area contributed by atoms with Gasteiger partial charge in [-0.2, -0.15) is 0 Å². The van der Waals surface area contributed by atoms with Crippen molar-refractivity contribution in [2.45, 2.75) is 20.8 Å². The van der Waals surface area contributed by atoms with Crippen molar-refractivity contribution in [1.82, 2.24) is 0 Å². The highest BCUT2D eigenvalue weighted by Crippen LogP contribution is 2.30. The molecule has 0 N–H and O–H groups in total. The van der Waals surface area contributed by atoms with Gasteiger partial charge in [0.05, 0.1) is 13.2 Å². The molecule has 0 saturated carbocycles. The summed E-state index contributed by atoms with van der Waals surface area (Å²) in [7, 11) is 0. The van der Waals surface area contributed by atoms with E-state index in [1.165, 1.54) is 0 Å². The van der Waals surface area contributed by atoms with Gasteiger partial charge >= 0.3 is 0 Å². The Morgan fingerprint density at radius 1 is 1.33 bits per heavy atom. The summed E-state index contributed by atoms with van der Waals surface area (Å²) in [6.45, 7) is 8.02. The van der Waals surface area contributed by atoms with Gasteiger partial charge in [-0.3, -0.25) is 0 Å². The zero-order valence-electron chi connectivity index (χ0n) is 6.31. The predicted octanol–water partition coefficient (Wildman–Crippen LogP) is 1.61. The summed E-state index contributed by atoms with van der Waals surface area (Å²) in [5, 5.41) is 0. The van der Waals surface area contributed by atoms with Gasteiger partial charge < -0.3 is 0 Å². The van der Waals surface area contributed by atoms with Gasteiger partial charge in [0, 0.05) is 0 Å². The second-order valence-electron chi connectivity index (χ2n) is 3.44. The van der Waals surface area contributed by atoms with Crippen molar-refractivity contribution in [1.29, 1.82) is 0 Å². The van der Waals surface area contributed by atoms with Crippen LogP contribution in [0.4, 0.5) is 0 Å². The Kier molecular flexibility index (Phi) is 1.78. The lowest BCUT2D eigenvalue weighted by Crippen LogP contribution is -2.35. The summed E-state index contributed by atoms with van der Waals surface area (Å²) >= 11 is 0. The lowest BCUT2D eigenvalue weighted by Gasteiger charge is -2.34. The van der Waals surface area contributed by atoms with E-state index < -0.39 is 0 Å². The predicted molar refractivity (Wildman–Crippen MR) is 34.8 cm³/mol. The fourth-order valence-electron chi connectivity index (χ4n) is 0.712. The summed E-state index contributed by atoms with van der Waals surface area (Å²) in [4.78, 5) is 9.67. The molecule has 0 radical (unpaired) electrons. The molecule has 54 valence electrons. The van der Waals surface area contributed by atoms with E-state index >= 15 is 0 Å². The van der Waals surface area contributed by atoms with Gasteiger partial charge in [-0.15, -0.1) is 0 Å². The van der Waals surface area contributed by atoms with Gasteiger partial charge in [0.15, 0.2) is 0 Å². The van der Waals surface area contributed by atoms with Crippen molar-refractivity contribution >= 4 is 0 Å². The monoisotopic (exact) mass is 130 g/mol. The summed E-state index contributed by atoms with van der Waals surface area (Å²) < 4.78 is 0. The first-order valence-electron chi connectivity index (χ1n) is 3.37. The fourth-order valence-corrected chi connectivity index (χ4v) is 0.712. The second kappa shape index (κ2) is 2.27. The lowest BCUT2D eigenvalue weighted by atomic mass is 9.81. The molecule has 2 heteroatoms. The van der Waals surface area contributed by atoms with Crippen LogP contribution >= 0.6 is 0 Å². The molecule has 1 unspecified atom stereocenters. The maximum Gasteiger partial charge on any atom is 0.0876 e. The first-order chi connectivity index (χ1) is 4.13. The molecule has 1 atom stereocenters. The minimum Gasteiger partial charge on any atom is -0.236 e. The second-order valence-corrected chi connectivity index (χ2v) is 3.44. The molecule has 0 spiro atoms. The van der Waals surface area contributed by atoms with E-state index in [1.807, 2.05) is 0 Å². The average Bonchev–Trinajstić information content (AvgIpc) is 1.77. The smallest absolute Gasteiger partial charge is 0.0876 e. The Balaban J connectivity index is 2.49. The van der Waals surface area contributed by atoms with Crippen LogP contribution in [0.25, 0.3) is 0 Å². The van der Waals surface area contributed by atoms with E-state index in [-0.39, 0.29) is 5.41 Å². The van der Waals surface area contributed by atoms with Crippen LogP contribution in [0.2, 0.25) is 0 Å². The standard InChI is InChI=1S/C7H14O2/c1-6-4-8-9-5-7(6,2)3/h6H,4-5H2,1-3H3. The van der Waals surface area contributed by atoms with E-state index in [2.05, 4.69) is 20.8 Å². The number of hydrogen-bond acceptors (Lipinski definition) is 2. The minimum atomic E-state index is 0.290. The Morgan fingerprint density at radius 3 is 2.33 bits per heavy atom. The SMILES string of the molecule is CC1COOCC1(C)C. The van der Waals surface area contributed by atoms with Crippen LogP contribution in [0, 0.1) is 11.3 Å². The van der Waals surface area contributed by atoms with Gasteiger partial charge in [-0.1, -0.05) is 20.8 Å². The molecule has 1 aliphatic rings. The highest BCUT2D eigenvalue weighted by Gasteiger charge is 2.30. The maximum absolute atomic E-state index is 4.86. The highest BCUT2D eigenvalue weighted by molar-refractivity contribution is 4.75. The van der Waals surface area contributed by atoms with Crippen LogP contribution in [0.15, 0.2) is 0 Å². The first kappa shape index (κ1) is 7.03. The van der Waals surface area contributed by atoms with Gasteiger partial charge in [0.1, 0.15) is 0 Å². The van der Waals surface area contributed by atoms with Crippen LogP contribution in [-0.4, -0.2) is 13.2 Å². The Morgan fingerprint density at radius 2 is 2.00 bits per heavy atom. The van der Waals surface area contributed by atoms with Crippen molar-refractivity contribution in [2.24, 2.45) is 11.3 Å². The quantitative estimate of drug-likeness (QED) is 0.464. The van der Waals surface area contributed by atoms with Crippen molar-refractivity contribution in [3.05, 3.63) is 0 Å². The summed E-state index contributed by atoms with van der Waals surface area (Å²) in [5.74, 6) is 0.603. The molecule has 0 aromatic rings. The van der Waals surface area contributed by atoms with Crippen LogP contribution in [0.1, 0.15) is 20.8 Å². The van der Waals surface area contributed by atoms with Crippen molar-refractivity contribution in [3.8, 4) is 0 Å². The third kappa shape index (κ3) is 1.43. The zero-order chi connectivity index (χ0) is 6.91. The molecular formula is C7H14O2. The molecule has 1 saturated heterocycles. The largest absolute Gasteiger partial charge is 0.236 e. The van der Waals surface area contributed by atoms with Crippen LogP contribution in [0.5, 0.6) is 0 Å². The van der Waals surface area contributed by atoms with Gasteiger partial charge in [0.25, 0.3) is 0 Å². The maximum atomic E-state index is 4.86. The molecular weight excluding hydrogens is 116 g/mol. The van der Waals surface area contributed by atoms with Crippen LogP contribution in [-0.2, 0) is 9.78 Å². The lowest BCUT2D eigenvalue weighted by molar-refractivity contribution is -0.349. The molecule has 0 aromatic heterocycles. The summed E-state index contributed by atoms with van der Waals surface area (Å²) in [6.07, 6.45) is 0. The van der Waals surface area contributed by atoms with E-state index in [0.717, 1.165) is 6.61 Å². The number of hydrogen-bond donors (Lipinski definition) is 0. The Labute approximate surface area is 56.1 Å². The third-order valence-electron chi connectivity index (χ3n) is 2.17. The first-order valence-corrected chi connectivity index (χ1v) is 3.37. The van der Waals surface area contributed by atoms with Gasteiger partial charge in [-0.05, 0) is 11.3 Å². The molecule has 1 aliphatic heterocycles. The molecule has 0 bridgehead atoms. The fraction of sp³-hybridized carbons (Fsp3) is 1.00. The van der Waals surface area contributed by atoms with Crippen molar-refractivity contribution < 1.29 is 9.78 Å². The van der Waals surface area contributed by atoms with E-state index in [9.17, 15) is 0 Å². The van der Waals surface area contributed by atoms with E-state index in [1.54, 1.807) is 0 Å². The topological polar surface area (TPSA) is 18.5 Å². The highest BCUT2D eigenvalue weighted by atomic mass is 17.2. The van der Waals surface area contributed by atoms with Gasteiger partial charge in [0.2, 0.25) is 0 Å². The summed E-state index contributed by atoms with van der Waals surface area (Å²) in [6, 6.07) is 0. The number of rotatable bonds is 0. The molecule has 2 nitrogen and oxygen atoms in total. The Hall–Kier alpha value is -0.0800. The normalized spacial score (nSPS) is 34.3. The molecule has 0 amide bonds. The molecule has 0 aromatic carbocycles. The molecule has 0 aliphatic carbocycles. The molecule has 1 rings (SSSR count). The molecule has 1 heterocycles. The minimum absolute atomic E-state index is 0.290. The Bertz CT molecular complexity index is 99.1. The molecule has 9 heavy (non-hydrogen) atoms. The van der Waals surface area contributed by atoms with Crippen molar-refractivity contribution in [2.75, 3.05) is 13.2 Å². The van der Waals surface area contributed by atoms with Crippen LogP contribution < -0.4 is 0 Å². The van der Waals surface area contributed by atoms with Crippen LogP contribution in [0.3, 0.4) is 0 Å². The van der Waals surface area contributed by atoms with E-state index in [0.29, 0.717) is 12.5 Å². The zero-order valence-corrected chi connectivity index (χ0v) is 6.31. The summed E-state index contributed by atoms with van der Waals surface area (Å²) in [5.41, 5.74) is 0.290. The van der Waals surface area contributed by atoms with E-state index in [4.69, 9.17) is 9.78 Å². The average molecular weight is 130 g/mol. The van der Waals surface area contributed by atoms with Crippen molar-refractivity contribution in [3.63, 3.8) is 0 Å².